The van der Waals surface area contributed by atoms with Crippen molar-refractivity contribution in [1.29, 1.82) is 0 Å². The molecule has 0 bridgehead atoms. The molecule has 0 radical (unpaired) electrons. The third kappa shape index (κ3) is 4.87. The highest BCUT2D eigenvalue weighted by molar-refractivity contribution is 5.78. The molecule has 1 aliphatic rings. The smallest absolute Gasteiger partial charge is 0.234 e. The second-order valence-corrected chi connectivity index (χ2v) is 8.70. The summed E-state index contributed by atoms with van der Waals surface area (Å²) in [4.78, 5) is 15.0. The van der Waals surface area contributed by atoms with E-state index in [0.29, 0.717) is 18.4 Å². The number of likely N-dealkylation sites (tertiary alicyclic amines) is 1. The van der Waals surface area contributed by atoms with Crippen molar-refractivity contribution in [1.82, 2.24) is 24.8 Å². The number of carbonyl (C=O) groups excluding carboxylic acids is 1. The van der Waals surface area contributed by atoms with Crippen LogP contribution in [0.5, 0.6) is 0 Å². The predicted octanol–water partition coefficient (Wildman–Crippen LogP) is 3.81. The summed E-state index contributed by atoms with van der Waals surface area (Å²) in [6.45, 7) is 6.65. The standard InChI is InChI=1S/C24H31N5O/c1-18(2)16-21(19-8-4-3-5-9-19)25-23(30)17-28-14-11-20(12-15-28)24-27-26-22-10-6-7-13-29(22)24/h3-10,13,18,20-21H,11-12,14-17H2,1-2H3,(H,25,30). The van der Waals surface area contributed by atoms with Gasteiger partial charge in [-0.1, -0.05) is 50.2 Å². The quantitative estimate of drug-likeness (QED) is 0.649. The van der Waals surface area contributed by atoms with Gasteiger partial charge in [0.1, 0.15) is 5.82 Å². The first-order chi connectivity index (χ1) is 14.6. The van der Waals surface area contributed by atoms with Crippen molar-refractivity contribution in [3.63, 3.8) is 0 Å². The summed E-state index contributed by atoms with van der Waals surface area (Å²) in [6.07, 6.45) is 4.97. The molecule has 1 amide bonds. The molecule has 3 heterocycles. The Morgan fingerprint density at radius 3 is 2.53 bits per heavy atom. The first kappa shape index (κ1) is 20.5. The lowest BCUT2D eigenvalue weighted by molar-refractivity contribution is -0.123. The van der Waals surface area contributed by atoms with Gasteiger partial charge in [0, 0.05) is 12.1 Å². The van der Waals surface area contributed by atoms with E-state index in [-0.39, 0.29) is 11.9 Å². The highest BCUT2D eigenvalue weighted by Gasteiger charge is 2.26. The van der Waals surface area contributed by atoms with Crippen LogP contribution in [0.4, 0.5) is 0 Å². The number of rotatable bonds is 7. The third-order valence-electron chi connectivity index (χ3n) is 5.90. The molecule has 0 spiro atoms. The van der Waals surface area contributed by atoms with E-state index in [1.807, 2.05) is 42.6 Å². The molecule has 1 saturated heterocycles. The summed E-state index contributed by atoms with van der Waals surface area (Å²) in [7, 11) is 0. The Bertz CT molecular complexity index is 960. The summed E-state index contributed by atoms with van der Waals surface area (Å²) in [5, 5.41) is 12.0. The molecule has 1 unspecified atom stereocenters. The van der Waals surface area contributed by atoms with Gasteiger partial charge in [0.05, 0.1) is 12.6 Å². The summed E-state index contributed by atoms with van der Waals surface area (Å²) < 4.78 is 2.09. The van der Waals surface area contributed by atoms with Gasteiger partial charge < -0.3 is 5.32 Å². The van der Waals surface area contributed by atoms with Crippen LogP contribution in [-0.2, 0) is 4.79 Å². The van der Waals surface area contributed by atoms with Crippen LogP contribution in [0.2, 0.25) is 0 Å². The van der Waals surface area contributed by atoms with Gasteiger partial charge in [-0.2, -0.15) is 0 Å². The number of aromatic nitrogens is 3. The van der Waals surface area contributed by atoms with Crippen LogP contribution in [0.15, 0.2) is 54.7 Å². The van der Waals surface area contributed by atoms with Crippen LogP contribution in [0, 0.1) is 5.92 Å². The van der Waals surface area contributed by atoms with E-state index < -0.39 is 0 Å². The van der Waals surface area contributed by atoms with Crippen LogP contribution in [-0.4, -0.2) is 45.0 Å². The van der Waals surface area contributed by atoms with Gasteiger partial charge in [-0.15, -0.1) is 10.2 Å². The van der Waals surface area contributed by atoms with Gasteiger partial charge >= 0.3 is 0 Å². The normalized spacial score (nSPS) is 16.8. The minimum absolute atomic E-state index is 0.0681. The van der Waals surface area contributed by atoms with Crippen LogP contribution in [0.1, 0.15) is 56.5 Å². The Hall–Kier alpha value is -2.73. The van der Waals surface area contributed by atoms with Crippen molar-refractivity contribution in [2.24, 2.45) is 5.92 Å². The minimum Gasteiger partial charge on any atom is -0.348 e. The lowest BCUT2D eigenvalue weighted by Gasteiger charge is -2.31. The monoisotopic (exact) mass is 405 g/mol. The molecule has 1 aromatic carbocycles. The predicted molar refractivity (Wildman–Crippen MR) is 118 cm³/mol. The number of benzene rings is 1. The highest BCUT2D eigenvalue weighted by atomic mass is 16.2. The molecule has 1 fully saturated rings. The van der Waals surface area contributed by atoms with E-state index >= 15 is 0 Å². The molecule has 1 atom stereocenters. The number of nitrogens with zero attached hydrogens (tertiary/aromatic N) is 4. The van der Waals surface area contributed by atoms with E-state index in [4.69, 9.17) is 0 Å². The van der Waals surface area contributed by atoms with Crippen molar-refractivity contribution in [3.8, 4) is 0 Å². The Kier molecular flexibility index (Phi) is 6.43. The molecule has 1 aliphatic heterocycles. The lowest BCUT2D eigenvalue weighted by atomic mass is 9.95. The number of nitrogens with one attached hydrogen (secondary N) is 1. The molecule has 30 heavy (non-hydrogen) atoms. The van der Waals surface area contributed by atoms with Gasteiger partial charge in [-0.3, -0.25) is 14.1 Å². The van der Waals surface area contributed by atoms with Crippen LogP contribution in [0.3, 0.4) is 0 Å². The molecule has 4 rings (SSSR count). The lowest BCUT2D eigenvalue weighted by Crippen LogP contribution is -2.42. The fraction of sp³-hybridized carbons (Fsp3) is 0.458. The zero-order chi connectivity index (χ0) is 20.9. The zero-order valence-electron chi connectivity index (χ0n) is 17.9. The fourth-order valence-corrected chi connectivity index (χ4v) is 4.37. The molecule has 6 nitrogen and oxygen atoms in total. The van der Waals surface area contributed by atoms with Crippen molar-refractivity contribution >= 4 is 11.6 Å². The maximum Gasteiger partial charge on any atom is 0.234 e. The molecule has 3 aromatic rings. The van der Waals surface area contributed by atoms with E-state index in [2.05, 4.69) is 50.8 Å². The molecule has 2 aromatic heterocycles. The summed E-state index contributed by atoms with van der Waals surface area (Å²) in [5.41, 5.74) is 2.07. The molecule has 0 aliphatic carbocycles. The number of amides is 1. The van der Waals surface area contributed by atoms with E-state index in [0.717, 1.165) is 43.8 Å². The van der Waals surface area contributed by atoms with Crippen molar-refractivity contribution < 1.29 is 4.79 Å². The van der Waals surface area contributed by atoms with Crippen molar-refractivity contribution in [2.75, 3.05) is 19.6 Å². The Morgan fingerprint density at radius 2 is 1.80 bits per heavy atom. The molecule has 1 N–H and O–H groups in total. The molecule has 6 heteroatoms. The first-order valence-electron chi connectivity index (χ1n) is 11.0. The Balaban J connectivity index is 1.32. The van der Waals surface area contributed by atoms with Gasteiger partial charge in [0.15, 0.2) is 5.65 Å². The van der Waals surface area contributed by atoms with Crippen LogP contribution >= 0.6 is 0 Å². The van der Waals surface area contributed by atoms with Gasteiger partial charge in [0.25, 0.3) is 0 Å². The van der Waals surface area contributed by atoms with Gasteiger partial charge in [0.2, 0.25) is 5.91 Å². The zero-order valence-corrected chi connectivity index (χ0v) is 17.9. The number of hydrogen-bond acceptors (Lipinski definition) is 4. The van der Waals surface area contributed by atoms with Crippen LogP contribution in [0.25, 0.3) is 5.65 Å². The maximum atomic E-state index is 12.8. The fourth-order valence-electron chi connectivity index (χ4n) is 4.37. The average Bonchev–Trinajstić information content (AvgIpc) is 3.18. The number of pyridine rings is 1. The first-order valence-corrected chi connectivity index (χ1v) is 11.0. The van der Waals surface area contributed by atoms with Gasteiger partial charge in [-0.05, 0) is 56.0 Å². The molecule has 0 saturated carbocycles. The minimum atomic E-state index is 0.0681. The van der Waals surface area contributed by atoms with Gasteiger partial charge in [-0.25, -0.2) is 0 Å². The topological polar surface area (TPSA) is 62.5 Å². The summed E-state index contributed by atoms with van der Waals surface area (Å²) >= 11 is 0. The van der Waals surface area contributed by atoms with Crippen molar-refractivity contribution in [3.05, 3.63) is 66.1 Å². The average molecular weight is 406 g/mol. The van der Waals surface area contributed by atoms with Crippen LogP contribution < -0.4 is 5.32 Å². The highest BCUT2D eigenvalue weighted by Crippen LogP contribution is 2.27. The molecular weight excluding hydrogens is 374 g/mol. The van der Waals surface area contributed by atoms with E-state index in [1.165, 1.54) is 5.56 Å². The maximum absolute atomic E-state index is 12.8. The van der Waals surface area contributed by atoms with E-state index in [9.17, 15) is 4.79 Å². The molecule has 158 valence electrons. The second kappa shape index (κ2) is 9.39. The summed E-state index contributed by atoms with van der Waals surface area (Å²) in [6, 6.07) is 16.3. The molecular formula is C24H31N5O. The number of carbonyl (C=O) groups is 1. The number of hydrogen-bond donors (Lipinski definition) is 1. The summed E-state index contributed by atoms with van der Waals surface area (Å²) in [5.74, 6) is 2.05. The third-order valence-corrected chi connectivity index (χ3v) is 5.90. The SMILES string of the molecule is CC(C)CC(NC(=O)CN1CCC(c2nnc3ccccn23)CC1)c1ccccc1. The van der Waals surface area contributed by atoms with Crippen molar-refractivity contribution in [2.45, 2.75) is 45.1 Å². The number of piperidine rings is 1. The largest absolute Gasteiger partial charge is 0.348 e. The Labute approximate surface area is 178 Å². The van der Waals surface area contributed by atoms with E-state index in [1.54, 1.807) is 0 Å². The second-order valence-electron chi connectivity index (χ2n) is 8.70. The Morgan fingerprint density at radius 1 is 1.07 bits per heavy atom. The number of fused-ring (bicyclic) bond motifs is 1.